The standard InChI is InChI=1S/C78H145N2O19P.C6H15N/c1-7-13-19-25-31-34-37-40-46-52-63(94-70(84)55-49-43-28-22-16-10-4)58-68(82)79-66(77(88)89)62-93-78-74(80-69(83)59-64(53-47-41-38-35-32-26-20-14-8-2)95-71(85)56-50-44-29-23-17-11-5)76(75(67(61-81)97-78)99-100(90,91)92)98-73(87)60-65(54-48-42-39-36-33-27-21-15-9-3)96-72(86)57-51-45-30-24-18-12-6;1-4-7(5-2)6-3/h63-67,74-76,78,81H,7-62H2,1-6H3,(H,79,82)(H,80,83)(H,88,89)(H2,90,91,92);4-6H2,1-3H3/t63-,64-,65-,66+,67-,74-,75-,76-,78-;/m1./s1. The van der Waals surface area contributed by atoms with Gasteiger partial charge in [0.15, 0.2) is 18.4 Å². The van der Waals surface area contributed by atoms with Gasteiger partial charge < -0.3 is 64.0 Å². The summed E-state index contributed by atoms with van der Waals surface area (Å²) in [5, 5.41) is 26.9. The lowest BCUT2D eigenvalue weighted by atomic mass is 9.95. The Kier molecular flexibility index (Phi) is 68.8. The molecule has 0 unspecified atom stereocenters. The minimum Gasteiger partial charge on any atom is -0.480 e. The molecule has 0 aromatic rings. The van der Waals surface area contributed by atoms with Crippen LogP contribution in [0.25, 0.3) is 0 Å². The number of carbonyl (C=O) groups excluding carboxylic acids is 6. The molecule has 0 radical (unpaired) electrons. The Morgan fingerprint density at radius 3 is 1.02 bits per heavy atom. The number of carboxylic acid groups (broad SMARTS) is 1. The molecule has 0 saturated carbocycles. The van der Waals surface area contributed by atoms with Gasteiger partial charge in [0.2, 0.25) is 11.8 Å². The van der Waals surface area contributed by atoms with E-state index in [0.717, 1.165) is 205 Å². The SMILES string of the molecule is CCCCCCCCCCC[C@H](CC(=O)N[C@H]1[C@H](OC[C@H](NC(=O)C[C@@H](CCCCCCCCCCC)OC(=O)CCCCCCCC)C(=O)O)O[C@H](CO)[C@@H](OP(=O)(O)O)[C@@H]1OC(=O)C[C@@H](CCCCCCCCCCC)OC(=O)CCCCCCCC)OC(=O)CCCCCCCC.CCN(CC)CC. The van der Waals surface area contributed by atoms with Gasteiger partial charge in [0.1, 0.15) is 36.6 Å². The zero-order valence-corrected chi connectivity index (χ0v) is 70.1. The molecule has 630 valence electrons. The van der Waals surface area contributed by atoms with E-state index in [9.17, 15) is 58.1 Å². The maximum absolute atomic E-state index is 14.8. The second-order valence-corrected chi connectivity index (χ2v) is 31.3. The fourth-order valence-corrected chi connectivity index (χ4v) is 14.2. The van der Waals surface area contributed by atoms with E-state index in [-0.39, 0.29) is 32.1 Å². The van der Waals surface area contributed by atoms with Crippen LogP contribution in [-0.2, 0) is 71.1 Å². The van der Waals surface area contributed by atoms with E-state index in [2.05, 4.69) is 77.8 Å². The smallest absolute Gasteiger partial charge is 0.470 e. The number of hydrogen-bond acceptors (Lipinski definition) is 17. The summed E-state index contributed by atoms with van der Waals surface area (Å²) in [4.78, 5) is 120. The van der Waals surface area contributed by atoms with E-state index in [1.165, 1.54) is 64.6 Å². The molecule has 1 fully saturated rings. The zero-order chi connectivity index (χ0) is 79.4. The number of aliphatic hydroxyl groups is 1. The number of esters is 4. The van der Waals surface area contributed by atoms with E-state index < -0.39 is 131 Å². The predicted molar refractivity (Wildman–Crippen MR) is 426 cm³/mol. The first-order valence-electron chi connectivity index (χ1n) is 43.6. The number of phosphoric ester groups is 1. The number of ether oxygens (including phenoxy) is 6. The van der Waals surface area contributed by atoms with Gasteiger partial charge in [-0.05, 0) is 77.4 Å². The zero-order valence-electron chi connectivity index (χ0n) is 69.2. The highest BCUT2D eigenvalue weighted by Crippen LogP contribution is 2.42. The fourth-order valence-electron chi connectivity index (χ4n) is 13.6. The monoisotopic (exact) mass is 1550 g/mol. The molecule has 0 aromatic carbocycles. The summed E-state index contributed by atoms with van der Waals surface area (Å²) in [5.74, 6) is -5.56. The van der Waals surface area contributed by atoms with Gasteiger partial charge in [0.05, 0.1) is 32.5 Å². The lowest BCUT2D eigenvalue weighted by molar-refractivity contribution is -0.272. The lowest BCUT2D eigenvalue weighted by Gasteiger charge is -2.45. The molecule has 6 N–H and O–H groups in total. The predicted octanol–water partition coefficient (Wildman–Crippen LogP) is 19.4. The average Bonchev–Trinajstić information content (AvgIpc) is 0.780. The highest BCUT2D eigenvalue weighted by atomic mass is 31.2. The summed E-state index contributed by atoms with van der Waals surface area (Å²) in [5.41, 5.74) is 0. The van der Waals surface area contributed by atoms with Gasteiger partial charge >= 0.3 is 37.7 Å². The maximum atomic E-state index is 14.8. The molecule has 1 aliphatic heterocycles. The van der Waals surface area contributed by atoms with Gasteiger partial charge in [0.25, 0.3) is 0 Å². The van der Waals surface area contributed by atoms with Crippen LogP contribution in [0, 0.1) is 0 Å². The average molecular weight is 1550 g/mol. The highest BCUT2D eigenvalue weighted by molar-refractivity contribution is 7.46. The molecule has 0 spiro atoms. The number of amides is 2. The molecular formula is C84H160N3O19P. The van der Waals surface area contributed by atoms with Crippen LogP contribution in [0.1, 0.15) is 409 Å². The van der Waals surface area contributed by atoms with E-state index in [1.54, 1.807) is 0 Å². The fraction of sp³-hybridized carbons (Fsp3) is 0.917. The number of nitrogens with one attached hydrogen (secondary N) is 2. The van der Waals surface area contributed by atoms with E-state index in [1.807, 2.05) is 0 Å². The second kappa shape index (κ2) is 71.3. The van der Waals surface area contributed by atoms with Crippen LogP contribution < -0.4 is 10.6 Å². The molecule has 107 heavy (non-hydrogen) atoms. The quantitative estimate of drug-likeness (QED) is 0.0143. The Bertz CT molecular complexity index is 2220. The molecule has 23 heteroatoms. The van der Waals surface area contributed by atoms with Crippen LogP contribution in [0.2, 0.25) is 0 Å². The number of unbranched alkanes of at least 4 members (excludes halogenated alkanes) is 39. The number of nitrogens with zero attached hydrogens (tertiary/aromatic N) is 1. The van der Waals surface area contributed by atoms with Crippen molar-refractivity contribution in [1.29, 1.82) is 0 Å². The first-order valence-corrected chi connectivity index (χ1v) is 45.2. The number of hydrogen-bond donors (Lipinski definition) is 6. The van der Waals surface area contributed by atoms with Crippen molar-refractivity contribution in [1.82, 2.24) is 15.5 Å². The molecule has 1 rings (SSSR count). The van der Waals surface area contributed by atoms with Crippen LogP contribution in [-0.4, -0.2) is 154 Å². The topological polar surface area (TPSA) is 309 Å². The number of carbonyl (C=O) groups is 7. The van der Waals surface area contributed by atoms with Crippen molar-refractivity contribution in [3.05, 3.63) is 0 Å². The molecule has 1 aliphatic rings. The molecule has 2 amide bonds. The maximum Gasteiger partial charge on any atom is 0.470 e. The van der Waals surface area contributed by atoms with Crippen molar-refractivity contribution in [3.8, 4) is 0 Å². The van der Waals surface area contributed by atoms with Crippen molar-refractivity contribution < 1.29 is 91.1 Å². The first-order chi connectivity index (χ1) is 51.7. The lowest BCUT2D eigenvalue weighted by Crippen LogP contribution is -2.66. The van der Waals surface area contributed by atoms with Gasteiger partial charge in [-0.1, -0.05) is 313 Å². The minimum absolute atomic E-state index is 0.123. The van der Waals surface area contributed by atoms with Gasteiger partial charge in [-0.3, -0.25) is 33.3 Å². The van der Waals surface area contributed by atoms with Crippen molar-refractivity contribution in [2.24, 2.45) is 0 Å². The van der Waals surface area contributed by atoms with Crippen LogP contribution in [0.4, 0.5) is 0 Å². The third-order valence-corrected chi connectivity index (χ3v) is 20.8. The molecule has 1 heterocycles. The van der Waals surface area contributed by atoms with Crippen molar-refractivity contribution in [3.63, 3.8) is 0 Å². The summed E-state index contributed by atoms with van der Waals surface area (Å²) in [6, 6.07) is -3.59. The van der Waals surface area contributed by atoms with Gasteiger partial charge in [-0.15, -0.1) is 0 Å². The highest BCUT2D eigenvalue weighted by Gasteiger charge is 2.52. The van der Waals surface area contributed by atoms with Crippen LogP contribution in [0.5, 0.6) is 0 Å². The van der Waals surface area contributed by atoms with Gasteiger partial charge in [-0.25, -0.2) is 9.36 Å². The Balaban J connectivity index is 0.0000152. The Morgan fingerprint density at radius 2 is 0.720 bits per heavy atom. The van der Waals surface area contributed by atoms with Crippen molar-refractivity contribution in [2.75, 3.05) is 32.8 Å². The second-order valence-electron chi connectivity index (χ2n) is 30.1. The Morgan fingerprint density at radius 1 is 0.411 bits per heavy atom. The van der Waals surface area contributed by atoms with Gasteiger partial charge in [-0.2, -0.15) is 0 Å². The van der Waals surface area contributed by atoms with E-state index in [4.69, 9.17) is 32.9 Å². The normalized spacial score (nSPS) is 17.0. The largest absolute Gasteiger partial charge is 0.480 e. The van der Waals surface area contributed by atoms with Gasteiger partial charge in [0, 0.05) is 19.3 Å². The summed E-state index contributed by atoms with van der Waals surface area (Å²) in [6.07, 6.45) is 34.4. The Labute approximate surface area is 650 Å². The summed E-state index contributed by atoms with van der Waals surface area (Å²) < 4.78 is 54.7. The number of aliphatic hydroxyl groups excluding tert-OH is 1. The van der Waals surface area contributed by atoms with Crippen molar-refractivity contribution in [2.45, 2.75) is 464 Å². The number of rotatable bonds is 73. The van der Waals surface area contributed by atoms with E-state index >= 15 is 0 Å². The number of phosphoric acid groups is 1. The molecule has 0 bridgehead atoms. The number of carboxylic acids is 1. The third-order valence-electron chi connectivity index (χ3n) is 20.3. The number of aliphatic carboxylic acids is 1. The summed E-state index contributed by atoms with van der Waals surface area (Å²) in [7, 11) is -5.56. The third kappa shape index (κ3) is 59.6. The summed E-state index contributed by atoms with van der Waals surface area (Å²) >= 11 is 0. The molecule has 1 saturated heterocycles. The molecule has 0 aromatic heterocycles. The van der Waals surface area contributed by atoms with Crippen LogP contribution in [0.3, 0.4) is 0 Å². The van der Waals surface area contributed by atoms with Crippen LogP contribution >= 0.6 is 7.82 Å². The van der Waals surface area contributed by atoms with E-state index in [0.29, 0.717) is 51.4 Å². The molecule has 0 aliphatic carbocycles. The molecular weight excluding hydrogens is 1390 g/mol. The van der Waals surface area contributed by atoms with Crippen molar-refractivity contribution >= 4 is 49.5 Å². The summed E-state index contributed by atoms with van der Waals surface area (Å²) in [6.45, 7) is 21.1. The van der Waals surface area contributed by atoms with Crippen LogP contribution in [0.15, 0.2) is 0 Å². The first kappa shape index (κ1) is 103. The molecule has 22 nitrogen and oxygen atoms in total. The Hall–Kier alpha value is -3.76. The molecule has 9 atom stereocenters. The minimum atomic E-state index is -5.56.